The molecule has 0 aliphatic carbocycles. The molecule has 29 heavy (non-hydrogen) atoms. The summed E-state index contributed by atoms with van der Waals surface area (Å²) in [5, 5.41) is 2.64. The second-order valence-electron chi connectivity index (χ2n) is 6.74. The Morgan fingerprint density at radius 2 is 1.86 bits per heavy atom. The highest BCUT2D eigenvalue weighted by Crippen LogP contribution is 2.37. The van der Waals surface area contributed by atoms with E-state index in [1.165, 1.54) is 0 Å². The molecule has 1 aromatic heterocycles. The van der Waals surface area contributed by atoms with Crippen molar-refractivity contribution in [3.05, 3.63) is 100 Å². The van der Waals surface area contributed by atoms with Gasteiger partial charge in [-0.1, -0.05) is 24.0 Å². The van der Waals surface area contributed by atoms with Crippen LogP contribution in [0.4, 0.5) is 13.6 Å². The van der Waals surface area contributed by atoms with Crippen molar-refractivity contribution in [3.63, 3.8) is 0 Å². The van der Waals surface area contributed by atoms with Crippen molar-refractivity contribution >= 4 is 6.09 Å². The Morgan fingerprint density at radius 1 is 1.03 bits per heavy atom. The third kappa shape index (κ3) is 4.09. The monoisotopic (exact) mass is 390 g/mol. The zero-order valence-electron chi connectivity index (χ0n) is 15.4. The van der Waals surface area contributed by atoms with Crippen molar-refractivity contribution in [3.8, 4) is 11.8 Å². The van der Waals surface area contributed by atoms with Gasteiger partial charge in [0.2, 0.25) is 0 Å². The molecule has 0 spiro atoms. The lowest BCUT2D eigenvalue weighted by atomic mass is 9.96. The van der Waals surface area contributed by atoms with E-state index >= 15 is 0 Å². The first-order valence-electron chi connectivity index (χ1n) is 8.95. The van der Waals surface area contributed by atoms with Crippen LogP contribution in [-0.4, -0.2) is 11.1 Å². The Hall–Kier alpha value is -3.72. The summed E-state index contributed by atoms with van der Waals surface area (Å²) in [4.78, 5) is 16.0. The molecule has 1 fully saturated rings. The minimum Gasteiger partial charge on any atom is -0.439 e. The van der Waals surface area contributed by atoms with Gasteiger partial charge in [-0.25, -0.2) is 13.6 Å². The van der Waals surface area contributed by atoms with Crippen LogP contribution in [0.2, 0.25) is 0 Å². The summed E-state index contributed by atoms with van der Waals surface area (Å²) < 4.78 is 33.1. The number of hydrogen-bond acceptors (Lipinski definition) is 3. The second-order valence-corrected chi connectivity index (χ2v) is 6.74. The molecular formula is C23H16F2N2O2. The number of rotatable bonds is 2. The molecule has 1 amide bonds. The summed E-state index contributed by atoms with van der Waals surface area (Å²) in [6.07, 6.45) is 1.42. The second kappa shape index (κ2) is 7.72. The highest BCUT2D eigenvalue weighted by Gasteiger charge is 2.38. The Morgan fingerprint density at radius 3 is 2.69 bits per heavy atom. The van der Waals surface area contributed by atoms with Crippen molar-refractivity contribution in [1.82, 2.24) is 10.3 Å². The lowest BCUT2D eigenvalue weighted by Crippen LogP contribution is -2.20. The van der Waals surface area contributed by atoms with Crippen LogP contribution < -0.4 is 5.32 Å². The minimum atomic E-state index is -1.01. The molecule has 0 radical (unpaired) electrons. The zero-order valence-corrected chi connectivity index (χ0v) is 15.4. The van der Waals surface area contributed by atoms with Crippen LogP contribution in [0.15, 0.2) is 60.9 Å². The number of nitrogens with one attached hydrogen (secondary N) is 1. The van der Waals surface area contributed by atoms with E-state index in [1.807, 2.05) is 31.2 Å². The summed E-state index contributed by atoms with van der Waals surface area (Å²) in [5.74, 6) is 4.84. The van der Waals surface area contributed by atoms with Gasteiger partial charge in [0.05, 0.1) is 0 Å². The molecule has 0 bridgehead atoms. The number of ether oxygens (including phenoxy) is 1. The Bertz CT molecular complexity index is 1150. The highest BCUT2D eigenvalue weighted by molar-refractivity contribution is 5.71. The summed E-state index contributed by atoms with van der Waals surface area (Å²) >= 11 is 0. The SMILES string of the molecule is Cc1cccc(C#Cc2cncc(C3NC(=O)OC3c3cc(F)ccc3F)c2)c1. The molecule has 144 valence electrons. The van der Waals surface area contributed by atoms with Gasteiger partial charge in [-0.05, 0) is 54.4 Å². The maximum atomic E-state index is 14.2. The standard InChI is InChI=1S/C23H16F2N2O2/c1-14-3-2-4-15(9-14)5-6-16-10-17(13-26-12-16)21-22(29-23(28)27-21)19-11-18(24)7-8-20(19)25/h2-4,7-13,21-22H,1H3,(H,27,28). The van der Waals surface area contributed by atoms with Crippen LogP contribution in [0.3, 0.4) is 0 Å². The number of aromatic nitrogens is 1. The van der Waals surface area contributed by atoms with Crippen LogP contribution in [-0.2, 0) is 4.74 Å². The molecule has 1 aliphatic rings. The van der Waals surface area contributed by atoms with Crippen molar-refractivity contribution in [2.24, 2.45) is 0 Å². The predicted molar refractivity (Wildman–Crippen MR) is 103 cm³/mol. The van der Waals surface area contributed by atoms with Gasteiger partial charge in [0.25, 0.3) is 0 Å². The molecule has 4 nitrogen and oxygen atoms in total. The highest BCUT2D eigenvalue weighted by atomic mass is 19.1. The number of cyclic esters (lactones) is 1. The van der Waals surface area contributed by atoms with Crippen molar-refractivity contribution in [1.29, 1.82) is 0 Å². The molecule has 2 aromatic carbocycles. The first-order valence-corrected chi connectivity index (χ1v) is 8.95. The first kappa shape index (κ1) is 18.6. The summed E-state index contributed by atoms with van der Waals surface area (Å²) in [6, 6.07) is 11.9. The molecule has 6 heteroatoms. The Balaban J connectivity index is 1.66. The minimum absolute atomic E-state index is 0.0374. The Kier molecular flexibility index (Phi) is 4.96. The molecule has 3 aromatic rings. The fourth-order valence-electron chi connectivity index (χ4n) is 3.22. The number of amides is 1. The lowest BCUT2D eigenvalue weighted by Gasteiger charge is -2.18. The maximum Gasteiger partial charge on any atom is 0.408 e. The molecular weight excluding hydrogens is 374 g/mol. The van der Waals surface area contributed by atoms with Crippen LogP contribution in [0.25, 0.3) is 0 Å². The third-order valence-corrected chi connectivity index (χ3v) is 4.56. The number of alkyl carbamates (subject to hydrolysis) is 1. The van der Waals surface area contributed by atoms with Crippen LogP contribution >= 0.6 is 0 Å². The van der Waals surface area contributed by atoms with Gasteiger partial charge in [0.1, 0.15) is 17.7 Å². The number of pyridine rings is 1. The van der Waals surface area contributed by atoms with E-state index in [2.05, 4.69) is 22.1 Å². The average Bonchev–Trinajstić information content (AvgIpc) is 3.10. The molecule has 1 aliphatic heterocycles. The summed E-state index contributed by atoms with van der Waals surface area (Å²) in [7, 11) is 0. The number of carbonyl (C=O) groups is 1. The molecule has 0 saturated carbocycles. The van der Waals surface area contributed by atoms with Gasteiger partial charge in [0, 0.05) is 29.1 Å². The zero-order chi connectivity index (χ0) is 20.4. The molecule has 4 rings (SSSR count). The molecule has 2 heterocycles. The number of carbonyl (C=O) groups excluding carboxylic acids is 1. The largest absolute Gasteiger partial charge is 0.439 e. The first-order chi connectivity index (χ1) is 14.0. The van der Waals surface area contributed by atoms with E-state index in [9.17, 15) is 13.6 Å². The molecule has 1 N–H and O–H groups in total. The number of halogens is 2. The van der Waals surface area contributed by atoms with Gasteiger partial charge in [0.15, 0.2) is 6.10 Å². The molecule has 2 unspecified atom stereocenters. The van der Waals surface area contributed by atoms with E-state index in [-0.39, 0.29) is 5.56 Å². The van der Waals surface area contributed by atoms with E-state index in [0.29, 0.717) is 11.1 Å². The molecule has 1 saturated heterocycles. The average molecular weight is 390 g/mol. The number of hydrogen-bond donors (Lipinski definition) is 1. The van der Waals surface area contributed by atoms with Gasteiger partial charge >= 0.3 is 6.09 Å². The van der Waals surface area contributed by atoms with Gasteiger partial charge in [-0.2, -0.15) is 0 Å². The topological polar surface area (TPSA) is 51.2 Å². The smallest absolute Gasteiger partial charge is 0.408 e. The quantitative estimate of drug-likeness (QED) is 0.651. The van der Waals surface area contributed by atoms with E-state index in [0.717, 1.165) is 29.3 Å². The van der Waals surface area contributed by atoms with E-state index < -0.39 is 29.9 Å². The van der Waals surface area contributed by atoms with E-state index in [1.54, 1.807) is 18.5 Å². The number of benzene rings is 2. The van der Waals surface area contributed by atoms with Crippen molar-refractivity contribution in [2.45, 2.75) is 19.1 Å². The van der Waals surface area contributed by atoms with Crippen LogP contribution in [0.1, 0.15) is 40.0 Å². The third-order valence-electron chi connectivity index (χ3n) is 4.56. The van der Waals surface area contributed by atoms with E-state index in [4.69, 9.17) is 4.74 Å². The van der Waals surface area contributed by atoms with Crippen molar-refractivity contribution < 1.29 is 18.3 Å². The summed E-state index contributed by atoms with van der Waals surface area (Å²) in [6.45, 7) is 1.99. The van der Waals surface area contributed by atoms with Gasteiger partial charge < -0.3 is 10.1 Å². The fourth-order valence-corrected chi connectivity index (χ4v) is 3.22. The lowest BCUT2D eigenvalue weighted by molar-refractivity contribution is 0.130. The maximum absolute atomic E-state index is 14.2. The van der Waals surface area contributed by atoms with Gasteiger partial charge in [-0.15, -0.1) is 0 Å². The fraction of sp³-hybridized carbons (Fsp3) is 0.130. The van der Waals surface area contributed by atoms with Gasteiger partial charge in [-0.3, -0.25) is 4.98 Å². The van der Waals surface area contributed by atoms with Crippen LogP contribution in [0, 0.1) is 30.4 Å². The number of nitrogens with zero attached hydrogens (tertiary/aromatic N) is 1. The van der Waals surface area contributed by atoms with Crippen molar-refractivity contribution in [2.75, 3.05) is 0 Å². The summed E-state index contributed by atoms with van der Waals surface area (Å²) in [5.41, 5.74) is 3.15. The number of aryl methyl sites for hydroxylation is 1. The van der Waals surface area contributed by atoms with Crippen LogP contribution in [0.5, 0.6) is 0 Å². The normalized spacial score (nSPS) is 17.8. The Labute approximate surface area is 166 Å². The molecule has 2 atom stereocenters. The predicted octanol–water partition coefficient (Wildman–Crippen LogP) is 4.59.